The van der Waals surface area contributed by atoms with Gasteiger partial charge in [-0.05, 0) is 47.4 Å². The molecule has 1 aliphatic rings. The summed E-state index contributed by atoms with van der Waals surface area (Å²) in [7, 11) is 2.66. The summed E-state index contributed by atoms with van der Waals surface area (Å²) >= 11 is 0. The average molecular weight is 406 g/mol. The fourth-order valence-corrected chi connectivity index (χ4v) is 3.22. The Kier molecular flexibility index (Phi) is 6.32. The molecule has 2 aromatic carbocycles. The lowest BCUT2D eigenvalue weighted by Gasteiger charge is -2.22. The number of carbonyl (C=O) groups is 3. The van der Waals surface area contributed by atoms with Crippen molar-refractivity contribution >= 4 is 17.8 Å². The van der Waals surface area contributed by atoms with Crippen LogP contribution in [0.25, 0.3) is 11.1 Å². The third-order valence-electron chi connectivity index (χ3n) is 4.77. The maximum Gasteiger partial charge on any atom is 0.337 e. The van der Waals surface area contributed by atoms with Crippen molar-refractivity contribution in [3.63, 3.8) is 0 Å². The Labute approximate surface area is 174 Å². The Morgan fingerprint density at radius 2 is 1.60 bits per heavy atom. The minimum atomic E-state index is -0.466. The van der Waals surface area contributed by atoms with Crippen molar-refractivity contribution in [3.05, 3.63) is 83.2 Å². The van der Waals surface area contributed by atoms with Gasteiger partial charge in [0.25, 0.3) is 0 Å². The fourth-order valence-electron chi connectivity index (χ4n) is 3.22. The number of amides is 1. The minimum Gasteiger partial charge on any atom is -0.465 e. The van der Waals surface area contributed by atoms with Crippen LogP contribution in [-0.2, 0) is 20.8 Å². The number of rotatable bonds is 6. The predicted octanol–water partition coefficient (Wildman–Crippen LogP) is 3.02. The molecule has 1 aliphatic heterocycles. The van der Waals surface area contributed by atoms with Gasteiger partial charge in [-0.3, -0.25) is 4.79 Å². The first-order valence-corrected chi connectivity index (χ1v) is 9.26. The number of ether oxygens (including phenoxy) is 2. The largest absolute Gasteiger partial charge is 0.465 e. The number of methoxy groups -OCH3 is 2. The maximum absolute atomic E-state index is 12.0. The van der Waals surface area contributed by atoms with Crippen LogP contribution in [0.3, 0.4) is 0 Å². The molecule has 0 aliphatic carbocycles. The smallest absolute Gasteiger partial charge is 0.337 e. The molecule has 154 valence electrons. The number of hydrogen-bond acceptors (Lipinski definition) is 6. The van der Waals surface area contributed by atoms with E-state index in [0.717, 1.165) is 16.7 Å². The maximum atomic E-state index is 12.0. The third kappa shape index (κ3) is 4.57. The summed E-state index contributed by atoms with van der Waals surface area (Å²) in [6, 6.07) is 12.3. The molecule has 0 saturated heterocycles. The van der Waals surface area contributed by atoms with E-state index in [2.05, 4.69) is 0 Å². The number of allylic oxidation sites excluding steroid dienone is 1. The van der Waals surface area contributed by atoms with Crippen LogP contribution in [0.1, 0.15) is 32.7 Å². The summed E-state index contributed by atoms with van der Waals surface area (Å²) in [6.07, 6.45) is 5.91. The van der Waals surface area contributed by atoms with E-state index in [9.17, 15) is 14.4 Å². The number of nitrogens with two attached hydrogens (primary N) is 1. The summed E-state index contributed by atoms with van der Waals surface area (Å²) in [4.78, 5) is 37.1. The van der Waals surface area contributed by atoms with Crippen molar-refractivity contribution in [1.29, 1.82) is 0 Å². The second-order valence-corrected chi connectivity index (χ2v) is 6.71. The average Bonchev–Trinajstić information content (AvgIpc) is 2.78. The summed E-state index contributed by atoms with van der Waals surface area (Å²) in [5.41, 5.74) is 9.37. The van der Waals surface area contributed by atoms with Gasteiger partial charge in [-0.15, -0.1) is 0 Å². The molecule has 3 rings (SSSR count). The Morgan fingerprint density at radius 3 is 2.23 bits per heavy atom. The number of carbonyl (C=O) groups excluding carboxylic acids is 3. The van der Waals surface area contributed by atoms with Crippen molar-refractivity contribution in [1.82, 2.24) is 4.90 Å². The number of nitrogens with zero attached hydrogens (tertiary/aromatic N) is 1. The molecule has 0 atom stereocenters. The first-order chi connectivity index (χ1) is 14.4. The molecule has 1 amide bonds. The number of primary amides is 1. The Morgan fingerprint density at radius 1 is 0.967 bits per heavy atom. The van der Waals surface area contributed by atoms with Crippen molar-refractivity contribution in [3.8, 4) is 11.1 Å². The van der Waals surface area contributed by atoms with Crippen LogP contribution in [0.2, 0.25) is 0 Å². The molecule has 0 bridgehead atoms. The zero-order valence-corrected chi connectivity index (χ0v) is 16.8. The molecule has 0 fully saturated rings. The van der Waals surface area contributed by atoms with Crippen molar-refractivity contribution in [2.24, 2.45) is 5.73 Å². The Balaban J connectivity index is 2.00. The molecule has 0 radical (unpaired) electrons. The molecule has 0 saturated carbocycles. The van der Waals surface area contributed by atoms with Crippen molar-refractivity contribution in [2.45, 2.75) is 13.0 Å². The highest BCUT2D eigenvalue weighted by Crippen LogP contribution is 2.28. The van der Waals surface area contributed by atoms with Crippen LogP contribution in [0, 0.1) is 0 Å². The van der Waals surface area contributed by atoms with E-state index in [4.69, 9.17) is 15.2 Å². The van der Waals surface area contributed by atoms with Gasteiger partial charge in [0.05, 0.1) is 25.3 Å². The van der Waals surface area contributed by atoms with Crippen LogP contribution >= 0.6 is 0 Å². The monoisotopic (exact) mass is 406 g/mol. The number of esters is 2. The van der Waals surface area contributed by atoms with Crippen molar-refractivity contribution in [2.75, 3.05) is 14.2 Å². The number of benzene rings is 2. The van der Waals surface area contributed by atoms with Crippen molar-refractivity contribution < 1.29 is 23.9 Å². The zero-order chi connectivity index (χ0) is 21.7. The van der Waals surface area contributed by atoms with E-state index in [0.29, 0.717) is 29.7 Å². The second-order valence-electron chi connectivity index (χ2n) is 6.71. The highest BCUT2D eigenvalue weighted by atomic mass is 16.5. The van der Waals surface area contributed by atoms with Crippen LogP contribution in [0.4, 0.5) is 0 Å². The lowest BCUT2D eigenvalue weighted by molar-refractivity contribution is -0.114. The second kappa shape index (κ2) is 9.09. The Bertz CT molecular complexity index is 1040. The first-order valence-electron chi connectivity index (χ1n) is 9.26. The molecule has 0 spiro atoms. The van der Waals surface area contributed by atoms with Crippen LogP contribution in [0.5, 0.6) is 0 Å². The van der Waals surface area contributed by atoms with E-state index < -0.39 is 17.8 Å². The topological polar surface area (TPSA) is 98.9 Å². The lowest BCUT2D eigenvalue weighted by Crippen LogP contribution is -2.21. The predicted molar refractivity (Wildman–Crippen MR) is 111 cm³/mol. The Hall–Kier alpha value is -3.87. The van der Waals surface area contributed by atoms with Gasteiger partial charge in [-0.2, -0.15) is 0 Å². The van der Waals surface area contributed by atoms with E-state index in [1.807, 2.05) is 35.4 Å². The lowest BCUT2D eigenvalue weighted by atomic mass is 9.96. The van der Waals surface area contributed by atoms with Gasteiger partial charge >= 0.3 is 11.9 Å². The quantitative estimate of drug-likeness (QED) is 0.741. The molecule has 1 heterocycles. The van der Waals surface area contributed by atoms with E-state index in [1.54, 1.807) is 30.5 Å². The van der Waals surface area contributed by atoms with Gasteiger partial charge in [0.15, 0.2) is 0 Å². The SMILES string of the molecule is COC(=O)c1ccc(-c2ccc(C(=O)OC)cc2CN2C=CCC(C(N)=O)=C2)cc1. The molecular formula is C23H22N2O5. The minimum absolute atomic E-state index is 0.409. The van der Waals surface area contributed by atoms with E-state index in [-0.39, 0.29) is 0 Å². The summed E-state index contributed by atoms with van der Waals surface area (Å²) in [5.74, 6) is -1.32. The standard InChI is InChI=1S/C23H22N2O5/c1-29-22(27)16-7-5-15(6-8-16)20-10-9-17(23(28)30-2)12-19(20)14-25-11-3-4-18(13-25)21(24)26/h3,5-13H,4,14H2,1-2H3,(H2,24,26). The molecule has 7 nitrogen and oxygen atoms in total. The molecule has 0 aromatic heterocycles. The van der Waals surface area contributed by atoms with E-state index in [1.165, 1.54) is 14.2 Å². The molecule has 2 N–H and O–H groups in total. The molecule has 30 heavy (non-hydrogen) atoms. The highest BCUT2D eigenvalue weighted by molar-refractivity contribution is 5.93. The van der Waals surface area contributed by atoms with Gasteiger partial charge in [0, 0.05) is 24.5 Å². The van der Waals surface area contributed by atoms with Gasteiger partial charge < -0.3 is 20.1 Å². The van der Waals surface area contributed by atoms with Crippen LogP contribution in [-0.4, -0.2) is 37.0 Å². The summed E-state index contributed by atoms with van der Waals surface area (Å²) in [6.45, 7) is 0.409. The van der Waals surface area contributed by atoms with Gasteiger partial charge in [-0.25, -0.2) is 9.59 Å². The molecular weight excluding hydrogens is 384 g/mol. The highest BCUT2D eigenvalue weighted by Gasteiger charge is 2.16. The zero-order valence-electron chi connectivity index (χ0n) is 16.8. The van der Waals surface area contributed by atoms with Crippen LogP contribution in [0.15, 0.2) is 66.5 Å². The summed E-state index contributed by atoms with van der Waals surface area (Å²) in [5, 5.41) is 0. The van der Waals surface area contributed by atoms with Gasteiger partial charge in [0.1, 0.15) is 0 Å². The fraction of sp³-hybridized carbons (Fsp3) is 0.174. The normalized spacial score (nSPS) is 12.9. The van der Waals surface area contributed by atoms with E-state index >= 15 is 0 Å². The van der Waals surface area contributed by atoms with Gasteiger partial charge in [-0.1, -0.05) is 24.3 Å². The molecule has 7 heteroatoms. The number of hydrogen-bond donors (Lipinski definition) is 1. The third-order valence-corrected chi connectivity index (χ3v) is 4.77. The van der Waals surface area contributed by atoms with Crippen LogP contribution < -0.4 is 5.73 Å². The first kappa shape index (κ1) is 20.9. The summed E-state index contributed by atoms with van der Waals surface area (Å²) < 4.78 is 9.58. The molecule has 2 aromatic rings. The molecule has 0 unspecified atom stereocenters. The van der Waals surface area contributed by atoms with Gasteiger partial charge in [0.2, 0.25) is 5.91 Å².